The summed E-state index contributed by atoms with van der Waals surface area (Å²) in [6, 6.07) is 0. The maximum atomic E-state index is 10.9. The molecule has 1 aromatic rings. The summed E-state index contributed by atoms with van der Waals surface area (Å²) in [5.74, 6) is 1.16. The first-order valence-electron chi connectivity index (χ1n) is 6.61. The van der Waals surface area contributed by atoms with Gasteiger partial charge in [0, 0.05) is 12.3 Å². The topological polar surface area (TPSA) is 76.2 Å². The molecule has 0 aromatic carbocycles. The summed E-state index contributed by atoms with van der Waals surface area (Å²) < 4.78 is 5.25. The predicted octanol–water partition coefficient (Wildman–Crippen LogP) is 2.63. The van der Waals surface area contributed by atoms with Crippen molar-refractivity contribution in [1.82, 2.24) is 10.1 Å². The van der Waals surface area contributed by atoms with Gasteiger partial charge in [-0.3, -0.25) is 4.79 Å². The summed E-state index contributed by atoms with van der Waals surface area (Å²) in [5, 5.41) is 12.9. The molecule has 18 heavy (non-hydrogen) atoms. The monoisotopic (exact) mass is 252 g/mol. The highest BCUT2D eigenvalue weighted by Crippen LogP contribution is 2.37. The van der Waals surface area contributed by atoms with Crippen LogP contribution in [0.1, 0.15) is 57.2 Å². The van der Waals surface area contributed by atoms with E-state index in [-0.39, 0.29) is 11.8 Å². The molecule has 100 valence electrons. The van der Waals surface area contributed by atoms with Gasteiger partial charge in [0.2, 0.25) is 5.89 Å². The van der Waals surface area contributed by atoms with E-state index in [2.05, 4.69) is 24.0 Å². The molecule has 0 saturated heterocycles. The standard InChI is InChI=1S/C13H20N2O3/c1-8(2)3-6-11-14-12(18-15-11)9-4-5-10(7-9)13(16)17/h8-10H,3-7H2,1-2H3,(H,16,17). The number of carboxylic acids is 1. The van der Waals surface area contributed by atoms with Gasteiger partial charge in [-0.25, -0.2) is 0 Å². The molecule has 0 amide bonds. The largest absolute Gasteiger partial charge is 0.481 e. The zero-order chi connectivity index (χ0) is 13.1. The number of carbonyl (C=O) groups is 1. The first-order chi connectivity index (χ1) is 8.56. The molecule has 2 rings (SSSR count). The summed E-state index contributed by atoms with van der Waals surface area (Å²) >= 11 is 0. The second kappa shape index (κ2) is 5.50. The molecule has 0 bridgehead atoms. The van der Waals surface area contributed by atoms with Crippen molar-refractivity contribution in [2.45, 2.75) is 51.9 Å². The van der Waals surface area contributed by atoms with E-state index < -0.39 is 5.97 Å². The van der Waals surface area contributed by atoms with Gasteiger partial charge in [-0.15, -0.1) is 0 Å². The Bertz CT molecular complexity index is 414. The number of hydrogen-bond acceptors (Lipinski definition) is 4. The van der Waals surface area contributed by atoms with E-state index in [1.165, 1.54) is 0 Å². The van der Waals surface area contributed by atoms with Crippen LogP contribution >= 0.6 is 0 Å². The van der Waals surface area contributed by atoms with Crippen molar-refractivity contribution in [3.8, 4) is 0 Å². The van der Waals surface area contributed by atoms with Crippen molar-refractivity contribution >= 4 is 5.97 Å². The number of nitrogens with zero attached hydrogens (tertiary/aromatic N) is 2. The molecule has 1 fully saturated rings. The summed E-state index contributed by atoms with van der Waals surface area (Å²) in [7, 11) is 0. The lowest BCUT2D eigenvalue weighted by atomic mass is 10.1. The quantitative estimate of drug-likeness (QED) is 0.871. The lowest BCUT2D eigenvalue weighted by molar-refractivity contribution is -0.141. The normalized spacial score (nSPS) is 23.7. The summed E-state index contributed by atoms with van der Waals surface area (Å²) in [6.07, 6.45) is 4.05. The fourth-order valence-corrected chi connectivity index (χ4v) is 2.38. The highest BCUT2D eigenvalue weighted by Gasteiger charge is 2.33. The zero-order valence-electron chi connectivity index (χ0n) is 10.9. The maximum Gasteiger partial charge on any atom is 0.306 e. The Morgan fingerprint density at radius 2 is 2.28 bits per heavy atom. The SMILES string of the molecule is CC(C)CCc1noc(C2CCC(C(=O)O)C2)n1. The van der Waals surface area contributed by atoms with E-state index in [0.29, 0.717) is 24.7 Å². The van der Waals surface area contributed by atoms with E-state index in [1.807, 2.05) is 0 Å². The van der Waals surface area contributed by atoms with E-state index in [9.17, 15) is 4.79 Å². The average Bonchev–Trinajstić information content (AvgIpc) is 2.95. The molecule has 1 saturated carbocycles. The minimum Gasteiger partial charge on any atom is -0.481 e. The Morgan fingerprint density at radius 3 is 2.89 bits per heavy atom. The molecular weight excluding hydrogens is 232 g/mol. The van der Waals surface area contributed by atoms with Gasteiger partial charge in [0.15, 0.2) is 5.82 Å². The van der Waals surface area contributed by atoms with Crippen molar-refractivity contribution in [3.63, 3.8) is 0 Å². The third-order valence-electron chi connectivity index (χ3n) is 3.56. The van der Waals surface area contributed by atoms with Crippen molar-refractivity contribution in [3.05, 3.63) is 11.7 Å². The molecule has 1 aliphatic rings. The van der Waals surface area contributed by atoms with Crippen molar-refractivity contribution < 1.29 is 14.4 Å². The lowest BCUT2D eigenvalue weighted by Gasteiger charge is -2.02. The second-order valence-corrected chi connectivity index (χ2v) is 5.53. The molecule has 2 atom stereocenters. The Kier molecular flexibility index (Phi) is 3.99. The Balaban J connectivity index is 1.92. The van der Waals surface area contributed by atoms with E-state index in [4.69, 9.17) is 9.63 Å². The summed E-state index contributed by atoms with van der Waals surface area (Å²) in [6.45, 7) is 4.32. The molecule has 2 unspecified atom stereocenters. The van der Waals surface area contributed by atoms with Crippen LogP contribution in [0.15, 0.2) is 4.52 Å². The molecule has 0 aliphatic heterocycles. The molecule has 1 aliphatic carbocycles. The van der Waals surface area contributed by atoms with Gasteiger partial charge < -0.3 is 9.63 Å². The Labute approximate surface area is 107 Å². The van der Waals surface area contributed by atoms with Crippen LogP contribution in [0.2, 0.25) is 0 Å². The van der Waals surface area contributed by atoms with Crippen LogP contribution in [-0.2, 0) is 11.2 Å². The smallest absolute Gasteiger partial charge is 0.306 e. The van der Waals surface area contributed by atoms with Gasteiger partial charge in [-0.05, 0) is 31.6 Å². The predicted molar refractivity (Wildman–Crippen MR) is 65.2 cm³/mol. The van der Waals surface area contributed by atoms with Crippen molar-refractivity contribution in [1.29, 1.82) is 0 Å². The van der Waals surface area contributed by atoms with E-state index in [1.54, 1.807) is 0 Å². The minimum absolute atomic E-state index is 0.131. The third kappa shape index (κ3) is 3.09. The summed E-state index contributed by atoms with van der Waals surface area (Å²) in [5.41, 5.74) is 0. The molecule has 1 heterocycles. The fourth-order valence-electron chi connectivity index (χ4n) is 2.38. The van der Waals surface area contributed by atoms with E-state index >= 15 is 0 Å². The van der Waals surface area contributed by atoms with Crippen LogP contribution in [0.5, 0.6) is 0 Å². The first kappa shape index (κ1) is 13.1. The van der Waals surface area contributed by atoms with Crippen LogP contribution in [0.4, 0.5) is 0 Å². The van der Waals surface area contributed by atoms with E-state index in [0.717, 1.165) is 25.1 Å². The highest BCUT2D eigenvalue weighted by atomic mass is 16.5. The molecular formula is C13H20N2O3. The fraction of sp³-hybridized carbons (Fsp3) is 0.769. The maximum absolute atomic E-state index is 10.9. The van der Waals surface area contributed by atoms with Gasteiger partial charge in [0.25, 0.3) is 0 Å². The summed E-state index contributed by atoms with van der Waals surface area (Å²) in [4.78, 5) is 15.3. The number of carboxylic acid groups (broad SMARTS) is 1. The van der Waals surface area contributed by atoms with Crippen LogP contribution in [0.25, 0.3) is 0 Å². The number of aromatic nitrogens is 2. The third-order valence-corrected chi connectivity index (χ3v) is 3.56. The first-order valence-corrected chi connectivity index (χ1v) is 6.61. The van der Waals surface area contributed by atoms with Gasteiger partial charge in [-0.2, -0.15) is 4.98 Å². The van der Waals surface area contributed by atoms with Crippen LogP contribution in [0, 0.1) is 11.8 Å². The van der Waals surface area contributed by atoms with Gasteiger partial charge >= 0.3 is 5.97 Å². The Hall–Kier alpha value is -1.39. The van der Waals surface area contributed by atoms with Crippen molar-refractivity contribution in [2.24, 2.45) is 11.8 Å². The second-order valence-electron chi connectivity index (χ2n) is 5.53. The van der Waals surface area contributed by atoms with Crippen LogP contribution < -0.4 is 0 Å². The highest BCUT2D eigenvalue weighted by molar-refractivity contribution is 5.70. The zero-order valence-corrected chi connectivity index (χ0v) is 10.9. The molecule has 0 radical (unpaired) electrons. The van der Waals surface area contributed by atoms with Crippen LogP contribution in [-0.4, -0.2) is 21.2 Å². The van der Waals surface area contributed by atoms with Crippen molar-refractivity contribution in [2.75, 3.05) is 0 Å². The van der Waals surface area contributed by atoms with Crippen LogP contribution in [0.3, 0.4) is 0 Å². The van der Waals surface area contributed by atoms with Gasteiger partial charge in [-0.1, -0.05) is 19.0 Å². The number of aliphatic carboxylic acids is 1. The number of rotatable bonds is 5. The molecule has 5 heteroatoms. The molecule has 1 N–H and O–H groups in total. The average molecular weight is 252 g/mol. The van der Waals surface area contributed by atoms with Gasteiger partial charge in [0.1, 0.15) is 0 Å². The minimum atomic E-state index is -0.711. The lowest BCUT2D eigenvalue weighted by Crippen LogP contribution is -2.09. The molecule has 0 spiro atoms. The number of aryl methyl sites for hydroxylation is 1. The Morgan fingerprint density at radius 1 is 1.50 bits per heavy atom. The molecule has 5 nitrogen and oxygen atoms in total. The number of hydrogen-bond donors (Lipinski definition) is 1. The molecule has 1 aromatic heterocycles. The van der Waals surface area contributed by atoms with Gasteiger partial charge in [0.05, 0.1) is 5.92 Å².